The summed E-state index contributed by atoms with van der Waals surface area (Å²) in [5.41, 5.74) is 2.53. The number of halogens is 2. The van der Waals surface area contributed by atoms with E-state index < -0.39 is 6.03 Å². The van der Waals surface area contributed by atoms with Crippen LogP contribution in [0.3, 0.4) is 0 Å². The van der Waals surface area contributed by atoms with Crippen molar-refractivity contribution in [2.24, 2.45) is 0 Å². The highest BCUT2D eigenvalue weighted by Crippen LogP contribution is 2.30. The molecule has 1 saturated heterocycles. The Bertz CT molecular complexity index is 1300. The summed E-state index contributed by atoms with van der Waals surface area (Å²) in [5.74, 6) is 0.537. The van der Waals surface area contributed by atoms with Crippen molar-refractivity contribution in [2.75, 3.05) is 30.8 Å². The minimum Gasteiger partial charge on any atom is -0.380 e. The van der Waals surface area contributed by atoms with Gasteiger partial charge in [-0.05, 0) is 36.2 Å². The molecule has 0 spiro atoms. The number of nitrogens with zero attached hydrogens (tertiary/aromatic N) is 3. The molecule has 2 N–H and O–H groups in total. The second-order valence-corrected chi connectivity index (χ2v) is 10.9. The number of carbonyl (C=O) groups excluding carboxylic acids is 2. The maximum Gasteiger partial charge on any atom is 0.324 e. The molecule has 1 atom stereocenters. The summed E-state index contributed by atoms with van der Waals surface area (Å²) in [7, 11) is 1.67. The Morgan fingerprint density at radius 3 is 2.57 bits per heavy atom. The quantitative estimate of drug-likeness (QED) is 0.404. The molecule has 0 bridgehead atoms. The van der Waals surface area contributed by atoms with Gasteiger partial charge in [0.2, 0.25) is 5.91 Å². The Kier molecular flexibility index (Phi) is 8.11. The number of ether oxygens (including phenoxy) is 1. The Morgan fingerprint density at radius 1 is 1.11 bits per heavy atom. The van der Waals surface area contributed by atoms with Crippen LogP contribution in [0.2, 0.25) is 10.0 Å². The summed E-state index contributed by atoms with van der Waals surface area (Å²) in [6.07, 6.45) is 1.22. The van der Waals surface area contributed by atoms with Crippen LogP contribution in [-0.2, 0) is 21.4 Å². The molecule has 0 unspecified atom stereocenters. The molecule has 1 aromatic heterocycles. The fraction of sp³-hybridized carbons (Fsp3) is 0.370. The van der Waals surface area contributed by atoms with Gasteiger partial charge < -0.3 is 15.0 Å². The predicted octanol–water partition coefficient (Wildman–Crippen LogP) is 5.91. The Labute approximate surface area is 226 Å². The fourth-order valence-electron chi connectivity index (χ4n) is 4.14. The molecule has 2 aromatic carbocycles. The third-order valence-electron chi connectivity index (χ3n) is 6.26. The predicted molar refractivity (Wildman–Crippen MR) is 147 cm³/mol. The maximum absolute atomic E-state index is 12.9. The number of hydrogen-bond acceptors (Lipinski definition) is 4. The first-order valence-corrected chi connectivity index (χ1v) is 12.8. The van der Waals surface area contributed by atoms with E-state index in [1.165, 1.54) is 0 Å². The Morgan fingerprint density at radius 2 is 1.86 bits per heavy atom. The molecule has 0 saturated carbocycles. The first-order chi connectivity index (χ1) is 17.5. The van der Waals surface area contributed by atoms with Crippen LogP contribution in [0, 0.1) is 0 Å². The number of anilines is 2. The number of amides is 3. The van der Waals surface area contributed by atoms with Crippen molar-refractivity contribution in [1.29, 1.82) is 0 Å². The van der Waals surface area contributed by atoms with Crippen LogP contribution in [-0.4, -0.2) is 52.9 Å². The van der Waals surface area contributed by atoms with Crippen molar-refractivity contribution in [1.82, 2.24) is 14.7 Å². The molecule has 196 valence electrons. The number of carbonyl (C=O) groups is 2. The number of rotatable bonds is 6. The first-order valence-electron chi connectivity index (χ1n) is 12.1. The van der Waals surface area contributed by atoms with Crippen LogP contribution < -0.4 is 10.6 Å². The third kappa shape index (κ3) is 6.44. The van der Waals surface area contributed by atoms with Gasteiger partial charge in [0.05, 0.1) is 39.6 Å². The molecule has 1 aliphatic heterocycles. The van der Waals surface area contributed by atoms with E-state index in [0.717, 1.165) is 23.4 Å². The number of likely N-dealkylation sites (tertiary alicyclic amines) is 1. The molecule has 1 aliphatic rings. The lowest BCUT2D eigenvalue weighted by Crippen LogP contribution is -2.31. The summed E-state index contributed by atoms with van der Waals surface area (Å²) in [5, 5.41) is 11.0. The average molecular weight is 544 g/mol. The Balaban J connectivity index is 1.57. The van der Waals surface area contributed by atoms with E-state index in [1.807, 2.05) is 56.0 Å². The van der Waals surface area contributed by atoms with Gasteiger partial charge >= 0.3 is 6.03 Å². The van der Waals surface area contributed by atoms with Gasteiger partial charge in [-0.1, -0.05) is 62.2 Å². The van der Waals surface area contributed by atoms with E-state index in [0.29, 0.717) is 29.6 Å². The Hall–Kier alpha value is -3.07. The lowest BCUT2D eigenvalue weighted by Gasteiger charge is -2.17. The molecule has 4 rings (SSSR count). The third-order valence-corrected chi connectivity index (χ3v) is 7.08. The molecule has 3 aromatic rings. The van der Waals surface area contributed by atoms with Gasteiger partial charge in [0.15, 0.2) is 0 Å². The zero-order valence-corrected chi connectivity index (χ0v) is 22.9. The molecular formula is C27H31Cl2N5O3. The first kappa shape index (κ1) is 27.0. The van der Waals surface area contributed by atoms with E-state index >= 15 is 0 Å². The van der Waals surface area contributed by atoms with Gasteiger partial charge in [0.25, 0.3) is 0 Å². The van der Waals surface area contributed by atoms with Crippen molar-refractivity contribution in [3.05, 3.63) is 69.8 Å². The van der Waals surface area contributed by atoms with Gasteiger partial charge in [-0.25, -0.2) is 9.48 Å². The van der Waals surface area contributed by atoms with Crippen LogP contribution in [0.15, 0.2) is 48.5 Å². The van der Waals surface area contributed by atoms with Gasteiger partial charge in [-0.2, -0.15) is 5.10 Å². The van der Waals surface area contributed by atoms with Crippen LogP contribution in [0.4, 0.5) is 16.3 Å². The van der Waals surface area contributed by atoms with Crippen LogP contribution in [0.1, 0.15) is 38.4 Å². The number of urea groups is 1. The van der Waals surface area contributed by atoms with Gasteiger partial charge in [-0.15, -0.1) is 0 Å². The summed E-state index contributed by atoms with van der Waals surface area (Å²) in [4.78, 5) is 27.6. The highest BCUT2D eigenvalue weighted by atomic mass is 35.5. The van der Waals surface area contributed by atoms with Crippen molar-refractivity contribution >= 4 is 46.6 Å². The minimum absolute atomic E-state index is 0.0590. The number of hydrogen-bond donors (Lipinski definition) is 2. The van der Waals surface area contributed by atoms with Crippen LogP contribution >= 0.6 is 23.2 Å². The van der Waals surface area contributed by atoms with Crippen molar-refractivity contribution in [3.8, 4) is 5.69 Å². The maximum atomic E-state index is 12.9. The van der Waals surface area contributed by atoms with E-state index in [2.05, 4.69) is 10.6 Å². The number of nitrogens with one attached hydrogen (secondary N) is 2. The smallest absolute Gasteiger partial charge is 0.324 e. The standard InChI is InChI=1S/C27H31Cl2N5O3/c1-27(2,3)22-15-23(31-26(36)30-21-10-6-9-20(28)25(21)29)34(32-22)18-8-5-7-17(13-18)14-24(35)33-12-11-19(16-33)37-4/h5-10,13,15,19H,11-12,14,16H2,1-4H3,(H2,30,31,36)/t19-/m1/s1. The molecule has 10 heteroatoms. The molecule has 8 nitrogen and oxygen atoms in total. The normalized spacial score (nSPS) is 15.6. The van der Waals surface area contributed by atoms with Gasteiger partial charge in [0, 0.05) is 31.7 Å². The second kappa shape index (κ2) is 11.1. The van der Waals surface area contributed by atoms with E-state index in [9.17, 15) is 9.59 Å². The zero-order chi connectivity index (χ0) is 26.7. The average Bonchev–Trinajstić information content (AvgIpc) is 3.50. The largest absolute Gasteiger partial charge is 0.380 e. The van der Waals surface area contributed by atoms with Crippen LogP contribution in [0.5, 0.6) is 0 Å². The van der Waals surface area contributed by atoms with E-state index in [4.69, 9.17) is 33.0 Å². The van der Waals surface area contributed by atoms with Crippen molar-refractivity contribution in [3.63, 3.8) is 0 Å². The molecule has 0 radical (unpaired) electrons. The monoisotopic (exact) mass is 543 g/mol. The SMILES string of the molecule is CO[C@@H]1CCN(C(=O)Cc2cccc(-n3nc(C(C)(C)C)cc3NC(=O)Nc3cccc(Cl)c3Cl)c2)C1. The number of benzene rings is 2. The summed E-state index contributed by atoms with van der Waals surface area (Å²) >= 11 is 12.3. The summed E-state index contributed by atoms with van der Waals surface area (Å²) in [6, 6.07) is 14.0. The number of aromatic nitrogens is 2. The zero-order valence-electron chi connectivity index (χ0n) is 21.3. The molecule has 0 aliphatic carbocycles. The van der Waals surface area contributed by atoms with E-state index in [1.54, 1.807) is 30.0 Å². The van der Waals surface area contributed by atoms with E-state index in [-0.39, 0.29) is 28.9 Å². The topological polar surface area (TPSA) is 88.5 Å². The van der Waals surface area contributed by atoms with Crippen molar-refractivity contribution in [2.45, 2.75) is 45.1 Å². The van der Waals surface area contributed by atoms with Crippen molar-refractivity contribution < 1.29 is 14.3 Å². The summed E-state index contributed by atoms with van der Waals surface area (Å²) in [6.45, 7) is 7.46. The van der Waals surface area contributed by atoms with Gasteiger partial charge in [-0.3, -0.25) is 10.1 Å². The highest BCUT2D eigenvalue weighted by Gasteiger charge is 2.26. The fourth-order valence-corrected chi connectivity index (χ4v) is 4.48. The highest BCUT2D eigenvalue weighted by molar-refractivity contribution is 6.44. The molecule has 1 fully saturated rings. The summed E-state index contributed by atoms with van der Waals surface area (Å²) < 4.78 is 7.06. The molecular weight excluding hydrogens is 513 g/mol. The molecule has 37 heavy (non-hydrogen) atoms. The minimum atomic E-state index is -0.487. The molecule has 2 heterocycles. The number of methoxy groups -OCH3 is 1. The lowest BCUT2D eigenvalue weighted by atomic mass is 9.92. The second-order valence-electron chi connectivity index (χ2n) is 10.1. The molecule has 3 amide bonds. The lowest BCUT2D eigenvalue weighted by molar-refractivity contribution is -0.129. The van der Waals surface area contributed by atoms with Gasteiger partial charge in [0.1, 0.15) is 5.82 Å². The van der Waals surface area contributed by atoms with Crippen LogP contribution in [0.25, 0.3) is 5.69 Å².